The van der Waals surface area contributed by atoms with E-state index in [0.29, 0.717) is 5.56 Å². The van der Waals surface area contributed by atoms with E-state index in [1.165, 1.54) is 0 Å². The van der Waals surface area contributed by atoms with E-state index in [-0.39, 0.29) is 0 Å². The summed E-state index contributed by atoms with van der Waals surface area (Å²) in [5.41, 5.74) is 2.43. The van der Waals surface area contributed by atoms with Gasteiger partial charge in [0.15, 0.2) is 0 Å². The first kappa shape index (κ1) is 7.56. The SMILES string of the molecule is C=[C]c1cccc(C)c1C#N. The van der Waals surface area contributed by atoms with E-state index in [4.69, 9.17) is 5.26 Å². The lowest BCUT2D eigenvalue weighted by molar-refractivity contribution is 1.36. The van der Waals surface area contributed by atoms with E-state index in [9.17, 15) is 0 Å². The van der Waals surface area contributed by atoms with Crippen LogP contribution in [0.15, 0.2) is 24.8 Å². The van der Waals surface area contributed by atoms with Crippen molar-refractivity contribution in [2.24, 2.45) is 0 Å². The van der Waals surface area contributed by atoms with Crippen LogP contribution in [0.3, 0.4) is 0 Å². The van der Waals surface area contributed by atoms with Crippen LogP contribution in [-0.4, -0.2) is 0 Å². The molecule has 1 heteroatoms. The highest BCUT2D eigenvalue weighted by atomic mass is 14.2. The van der Waals surface area contributed by atoms with Crippen LogP contribution in [0.2, 0.25) is 0 Å². The Morgan fingerprint density at radius 2 is 2.18 bits per heavy atom. The van der Waals surface area contributed by atoms with Crippen molar-refractivity contribution in [3.8, 4) is 6.07 Å². The van der Waals surface area contributed by atoms with Crippen molar-refractivity contribution in [2.75, 3.05) is 0 Å². The van der Waals surface area contributed by atoms with Crippen LogP contribution in [-0.2, 0) is 0 Å². The Balaban J connectivity index is 3.38. The highest BCUT2D eigenvalue weighted by Crippen LogP contribution is 2.11. The summed E-state index contributed by atoms with van der Waals surface area (Å²) in [4.78, 5) is 0. The van der Waals surface area contributed by atoms with Crippen LogP contribution in [0, 0.1) is 24.3 Å². The molecule has 1 aromatic carbocycles. The molecule has 0 aliphatic rings. The fourth-order valence-corrected chi connectivity index (χ4v) is 0.963. The largest absolute Gasteiger partial charge is 0.192 e. The van der Waals surface area contributed by atoms with Crippen molar-refractivity contribution >= 4 is 0 Å². The lowest BCUT2D eigenvalue weighted by Gasteiger charge is -1.98. The second kappa shape index (κ2) is 3.03. The molecule has 0 saturated carbocycles. The first-order valence-corrected chi connectivity index (χ1v) is 3.32. The molecule has 0 N–H and O–H groups in total. The number of hydrogen-bond acceptors (Lipinski definition) is 1. The van der Waals surface area contributed by atoms with Crippen molar-refractivity contribution in [3.05, 3.63) is 47.5 Å². The van der Waals surface area contributed by atoms with Gasteiger partial charge in [-0.2, -0.15) is 5.26 Å². The Labute approximate surface area is 66.6 Å². The summed E-state index contributed by atoms with van der Waals surface area (Å²) >= 11 is 0. The molecule has 0 saturated heterocycles. The number of aryl methyl sites for hydroxylation is 1. The Hall–Kier alpha value is -1.55. The maximum Gasteiger partial charge on any atom is 0.100 e. The van der Waals surface area contributed by atoms with Gasteiger partial charge in [0.05, 0.1) is 5.56 Å². The second-order valence-corrected chi connectivity index (χ2v) is 2.29. The summed E-state index contributed by atoms with van der Waals surface area (Å²) in [5, 5.41) is 8.71. The third-order valence-electron chi connectivity index (χ3n) is 1.58. The average Bonchev–Trinajstić information content (AvgIpc) is 2.04. The molecule has 1 radical (unpaired) electrons. The molecule has 0 aliphatic carbocycles. The smallest absolute Gasteiger partial charge is 0.100 e. The maximum absolute atomic E-state index is 8.71. The van der Waals surface area contributed by atoms with Gasteiger partial charge >= 0.3 is 0 Å². The first-order valence-electron chi connectivity index (χ1n) is 3.32. The molecule has 1 aromatic rings. The molecule has 0 atom stereocenters. The minimum absolute atomic E-state index is 0.669. The van der Waals surface area contributed by atoms with Gasteiger partial charge in [0.2, 0.25) is 0 Å². The minimum Gasteiger partial charge on any atom is -0.192 e. The van der Waals surface area contributed by atoms with E-state index < -0.39 is 0 Å². The number of benzene rings is 1. The summed E-state index contributed by atoms with van der Waals surface area (Å²) in [6, 6.07) is 7.74. The Bertz CT molecular complexity index is 318. The van der Waals surface area contributed by atoms with Crippen LogP contribution in [0.5, 0.6) is 0 Å². The van der Waals surface area contributed by atoms with Crippen LogP contribution in [0.4, 0.5) is 0 Å². The third-order valence-corrected chi connectivity index (χ3v) is 1.58. The molecular formula is C10H8N. The third kappa shape index (κ3) is 1.30. The number of nitrogens with zero attached hydrogens (tertiary/aromatic N) is 1. The molecule has 53 valence electrons. The average molecular weight is 142 g/mol. The molecule has 0 fully saturated rings. The molecule has 0 amide bonds. The predicted octanol–water partition coefficient (Wildman–Crippen LogP) is 2.20. The van der Waals surface area contributed by atoms with Gasteiger partial charge in [-0.05, 0) is 24.1 Å². The van der Waals surface area contributed by atoms with Gasteiger partial charge in [0.25, 0.3) is 0 Å². The van der Waals surface area contributed by atoms with Crippen LogP contribution < -0.4 is 0 Å². The topological polar surface area (TPSA) is 23.8 Å². The van der Waals surface area contributed by atoms with Gasteiger partial charge in [0, 0.05) is 0 Å². The predicted molar refractivity (Wildman–Crippen MR) is 43.9 cm³/mol. The minimum atomic E-state index is 0.669. The molecule has 0 bridgehead atoms. The molecule has 0 aliphatic heterocycles. The molecular weight excluding hydrogens is 134 g/mol. The fourth-order valence-electron chi connectivity index (χ4n) is 0.963. The number of hydrogen-bond donors (Lipinski definition) is 0. The lowest BCUT2D eigenvalue weighted by Crippen LogP contribution is -1.86. The molecule has 1 nitrogen and oxygen atoms in total. The monoisotopic (exact) mass is 142 g/mol. The number of rotatable bonds is 1. The van der Waals surface area contributed by atoms with Crippen molar-refractivity contribution in [3.63, 3.8) is 0 Å². The van der Waals surface area contributed by atoms with E-state index in [0.717, 1.165) is 11.1 Å². The summed E-state index contributed by atoms with van der Waals surface area (Å²) in [7, 11) is 0. The standard InChI is InChI=1S/C10H8N/c1-3-9-6-4-5-8(2)10(9)7-11/h4-6H,1H2,2H3. The van der Waals surface area contributed by atoms with Gasteiger partial charge in [-0.1, -0.05) is 24.8 Å². The van der Waals surface area contributed by atoms with Gasteiger partial charge in [-0.25, -0.2) is 0 Å². The molecule has 11 heavy (non-hydrogen) atoms. The van der Waals surface area contributed by atoms with Crippen LogP contribution in [0.25, 0.3) is 0 Å². The van der Waals surface area contributed by atoms with Crippen LogP contribution in [0.1, 0.15) is 16.7 Å². The molecule has 1 rings (SSSR count). The van der Waals surface area contributed by atoms with E-state index in [2.05, 4.69) is 18.7 Å². The summed E-state index contributed by atoms with van der Waals surface area (Å²) < 4.78 is 0. The lowest BCUT2D eigenvalue weighted by atomic mass is 10.0. The van der Waals surface area contributed by atoms with Crippen LogP contribution >= 0.6 is 0 Å². The Kier molecular flexibility index (Phi) is 2.08. The Morgan fingerprint density at radius 1 is 1.45 bits per heavy atom. The van der Waals surface area contributed by atoms with Gasteiger partial charge in [-0.15, -0.1) is 0 Å². The first-order chi connectivity index (χ1) is 5.29. The maximum atomic E-state index is 8.71. The Morgan fingerprint density at radius 3 is 2.64 bits per heavy atom. The summed E-state index contributed by atoms with van der Waals surface area (Å²) in [6.45, 7) is 5.41. The summed E-state index contributed by atoms with van der Waals surface area (Å²) in [6.07, 6.45) is 2.71. The highest BCUT2D eigenvalue weighted by Gasteiger charge is 1.99. The zero-order valence-electron chi connectivity index (χ0n) is 6.39. The zero-order chi connectivity index (χ0) is 8.27. The molecule has 0 aromatic heterocycles. The van der Waals surface area contributed by atoms with E-state index in [1.54, 1.807) is 0 Å². The quantitative estimate of drug-likeness (QED) is 0.589. The normalized spacial score (nSPS) is 8.73. The van der Waals surface area contributed by atoms with Crippen molar-refractivity contribution in [1.82, 2.24) is 0 Å². The van der Waals surface area contributed by atoms with E-state index >= 15 is 0 Å². The van der Waals surface area contributed by atoms with Crippen molar-refractivity contribution in [1.29, 1.82) is 5.26 Å². The molecule has 0 spiro atoms. The van der Waals surface area contributed by atoms with Gasteiger partial charge < -0.3 is 0 Å². The van der Waals surface area contributed by atoms with Crippen molar-refractivity contribution in [2.45, 2.75) is 6.92 Å². The zero-order valence-corrected chi connectivity index (χ0v) is 6.39. The molecule has 0 heterocycles. The van der Waals surface area contributed by atoms with E-state index in [1.807, 2.05) is 25.1 Å². The molecule has 0 unspecified atom stereocenters. The highest BCUT2D eigenvalue weighted by molar-refractivity contribution is 5.46. The summed E-state index contributed by atoms with van der Waals surface area (Å²) in [5.74, 6) is 0. The van der Waals surface area contributed by atoms with Gasteiger partial charge in [-0.3, -0.25) is 0 Å². The second-order valence-electron chi connectivity index (χ2n) is 2.29. The van der Waals surface area contributed by atoms with Crippen molar-refractivity contribution < 1.29 is 0 Å². The number of nitriles is 1. The fraction of sp³-hybridized carbons (Fsp3) is 0.100. The van der Waals surface area contributed by atoms with Gasteiger partial charge in [0.1, 0.15) is 6.07 Å².